The van der Waals surface area contributed by atoms with Crippen LogP contribution in [0.1, 0.15) is 26.3 Å². The molecule has 2 rings (SSSR count). The fourth-order valence-electron chi connectivity index (χ4n) is 2.56. The van der Waals surface area contributed by atoms with Crippen LogP contribution in [0.3, 0.4) is 0 Å². The molecule has 0 spiro atoms. The molecule has 158 valence electrons. The molecule has 2 aromatic carbocycles. The minimum absolute atomic E-state index is 0.0701. The number of nitrogens with one attached hydrogen (secondary N) is 2. The molecule has 2 aromatic rings. The molecule has 0 unspecified atom stereocenters. The van der Waals surface area contributed by atoms with E-state index in [1.165, 1.54) is 13.0 Å². The molecule has 0 aromatic heterocycles. The summed E-state index contributed by atoms with van der Waals surface area (Å²) in [6.45, 7) is 6.11. The van der Waals surface area contributed by atoms with Gasteiger partial charge in [0.05, 0.1) is 24.5 Å². The predicted molar refractivity (Wildman–Crippen MR) is 107 cm³/mol. The van der Waals surface area contributed by atoms with E-state index < -0.39 is 23.7 Å². The first-order valence-corrected chi connectivity index (χ1v) is 9.37. The van der Waals surface area contributed by atoms with E-state index >= 15 is 0 Å². The number of carbonyl (C=O) groups is 1. The van der Waals surface area contributed by atoms with Crippen molar-refractivity contribution in [1.29, 1.82) is 0 Å². The molecular weight excluding hydrogens is 409 g/mol. The monoisotopic (exact) mass is 430 g/mol. The molecule has 0 aliphatic carbocycles. The van der Waals surface area contributed by atoms with E-state index in [-0.39, 0.29) is 10.7 Å². The molecule has 2 N–H and O–H groups in total. The molecule has 0 heterocycles. The van der Waals surface area contributed by atoms with Gasteiger partial charge in [0.1, 0.15) is 6.04 Å². The minimum atomic E-state index is -4.65. The number of ether oxygens (including phenoxy) is 2. The van der Waals surface area contributed by atoms with Crippen LogP contribution in [0.5, 0.6) is 11.5 Å². The van der Waals surface area contributed by atoms with Gasteiger partial charge in [0.15, 0.2) is 11.5 Å². The topological polar surface area (TPSA) is 59.6 Å². The number of rotatable bonds is 8. The van der Waals surface area contributed by atoms with E-state index in [9.17, 15) is 18.0 Å². The average molecular weight is 431 g/mol. The van der Waals surface area contributed by atoms with Gasteiger partial charge in [0, 0.05) is 16.8 Å². The minimum Gasteiger partial charge on any atom is -0.490 e. The number of alkyl halides is 3. The van der Waals surface area contributed by atoms with Gasteiger partial charge in [0.25, 0.3) is 0 Å². The van der Waals surface area contributed by atoms with Gasteiger partial charge in [-0.05, 0) is 51.1 Å². The first-order chi connectivity index (χ1) is 13.7. The zero-order valence-electron chi connectivity index (χ0n) is 16.2. The van der Waals surface area contributed by atoms with Crippen molar-refractivity contribution in [2.75, 3.05) is 23.8 Å². The van der Waals surface area contributed by atoms with Crippen LogP contribution < -0.4 is 20.1 Å². The second-order valence-corrected chi connectivity index (χ2v) is 6.51. The summed E-state index contributed by atoms with van der Waals surface area (Å²) >= 11 is 5.66. The third-order valence-electron chi connectivity index (χ3n) is 3.86. The molecule has 0 radical (unpaired) electrons. The van der Waals surface area contributed by atoms with Gasteiger partial charge in [-0.15, -0.1) is 0 Å². The molecule has 1 atom stereocenters. The molecule has 9 heteroatoms. The summed E-state index contributed by atoms with van der Waals surface area (Å²) in [5, 5.41) is 5.17. The highest BCUT2D eigenvalue weighted by atomic mass is 35.5. The van der Waals surface area contributed by atoms with Crippen molar-refractivity contribution >= 4 is 28.9 Å². The van der Waals surface area contributed by atoms with Crippen LogP contribution in [-0.2, 0) is 11.0 Å². The maximum Gasteiger partial charge on any atom is 0.418 e. The van der Waals surface area contributed by atoms with Crippen molar-refractivity contribution in [3.63, 3.8) is 0 Å². The van der Waals surface area contributed by atoms with Crippen LogP contribution in [0.4, 0.5) is 24.5 Å². The number of halogens is 4. The third kappa shape index (κ3) is 6.19. The molecule has 5 nitrogen and oxygen atoms in total. The Labute approximate surface area is 172 Å². The SMILES string of the molecule is CCOc1ccc(N[C@@H](C)C(=O)Nc2ccc(Cl)cc2C(F)(F)F)cc1OCC. The quantitative estimate of drug-likeness (QED) is 0.572. The van der Waals surface area contributed by atoms with Crippen LogP contribution >= 0.6 is 11.6 Å². The number of anilines is 2. The number of hydrogen-bond acceptors (Lipinski definition) is 4. The molecular formula is C20H22ClF3N2O3. The second-order valence-electron chi connectivity index (χ2n) is 6.07. The standard InChI is InChI=1S/C20H22ClF3N2O3/c1-4-28-17-9-7-14(11-18(17)29-5-2)25-12(3)19(27)26-16-8-6-13(21)10-15(16)20(22,23)24/h6-12,25H,4-5H2,1-3H3,(H,26,27)/t12-/m0/s1. The molecule has 0 bridgehead atoms. The van der Waals surface area contributed by atoms with Gasteiger partial charge in [-0.2, -0.15) is 13.2 Å². The van der Waals surface area contributed by atoms with Gasteiger partial charge in [-0.25, -0.2) is 0 Å². The van der Waals surface area contributed by atoms with Crippen molar-refractivity contribution in [1.82, 2.24) is 0 Å². The fraction of sp³-hybridized carbons (Fsp3) is 0.350. The Balaban J connectivity index is 2.15. The highest BCUT2D eigenvalue weighted by Crippen LogP contribution is 2.36. The van der Waals surface area contributed by atoms with Crippen molar-refractivity contribution in [3.05, 3.63) is 47.0 Å². The lowest BCUT2D eigenvalue weighted by molar-refractivity contribution is -0.137. The second kappa shape index (κ2) is 9.73. The molecule has 0 fully saturated rings. The molecule has 0 saturated heterocycles. The molecule has 1 amide bonds. The van der Waals surface area contributed by atoms with Crippen LogP contribution in [0.2, 0.25) is 5.02 Å². The van der Waals surface area contributed by atoms with Gasteiger partial charge in [0.2, 0.25) is 5.91 Å². The Hall–Kier alpha value is -2.61. The van der Waals surface area contributed by atoms with Crippen molar-refractivity contribution < 1.29 is 27.4 Å². The highest BCUT2D eigenvalue weighted by molar-refractivity contribution is 6.30. The lowest BCUT2D eigenvalue weighted by atomic mass is 10.1. The van der Waals surface area contributed by atoms with Crippen molar-refractivity contribution in [2.24, 2.45) is 0 Å². The number of hydrogen-bond donors (Lipinski definition) is 2. The Bertz CT molecular complexity index is 859. The zero-order chi connectivity index (χ0) is 21.6. The summed E-state index contributed by atoms with van der Waals surface area (Å²) in [5.74, 6) is 0.432. The zero-order valence-corrected chi connectivity index (χ0v) is 16.9. The Morgan fingerprint density at radius 2 is 1.72 bits per heavy atom. The largest absolute Gasteiger partial charge is 0.490 e. The Kier molecular flexibility index (Phi) is 7.61. The summed E-state index contributed by atoms with van der Waals surface area (Å²) in [4.78, 5) is 12.4. The summed E-state index contributed by atoms with van der Waals surface area (Å²) in [6, 6.07) is 7.42. The third-order valence-corrected chi connectivity index (χ3v) is 4.10. The molecule has 0 aliphatic heterocycles. The van der Waals surface area contributed by atoms with Gasteiger partial charge >= 0.3 is 6.18 Å². The van der Waals surface area contributed by atoms with E-state index in [4.69, 9.17) is 21.1 Å². The normalized spacial score (nSPS) is 12.2. The Morgan fingerprint density at radius 1 is 1.07 bits per heavy atom. The Morgan fingerprint density at radius 3 is 2.34 bits per heavy atom. The van der Waals surface area contributed by atoms with Crippen LogP contribution in [0, 0.1) is 0 Å². The first-order valence-electron chi connectivity index (χ1n) is 8.99. The number of carbonyl (C=O) groups excluding carboxylic acids is 1. The van der Waals surface area contributed by atoms with Gasteiger partial charge in [-0.3, -0.25) is 4.79 Å². The first kappa shape index (κ1) is 22.7. The lowest BCUT2D eigenvalue weighted by Gasteiger charge is -2.19. The van der Waals surface area contributed by atoms with E-state index in [2.05, 4.69) is 10.6 Å². The fourth-order valence-corrected chi connectivity index (χ4v) is 2.73. The van der Waals surface area contributed by atoms with Crippen LogP contribution in [-0.4, -0.2) is 25.2 Å². The summed E-state index contributed by atoms with van der Waals surface area (Å²) < 4.78 is 50.6. The maximum atomic E-state index is 13.2. The van der Waals surface area contributed by atoms with Gasteiger partial charge < -0.3 is 20.1 Å². The van der Waals surface area contributed by atoms with Crippen LogP contribution in [0.25, 0.3) is 0 Å². The molecule has 29 heavy (non-hydrogen) atoms. The van der Waals surface area contributed by atoms with E-state index in [1.54, 1.807) is 18.2 Å². The smallest absolute Gasteiger partial charge is 0.418 e. The van der Waals surface area contributed by atoms with Crippen molar-refractivity contribution in [2.45, 2.75) is 33.0 Å². The molecule has 0 aliphatic rings. The highest BCUT2D eigenvalue weighted by Gasteiger charge is 2.34. The van der Waals surface area contributed by atoms with E-state index in [0.717, 1.165) is 12.1 Å². The van der Waals surface area contributed by atoms with Gasteiger partial charge in [-0.1, -0.05) is 11.6 Å². The number of amides is 1. The lowest BCUT2D eigenvalue weighted by Crippen LogP contribution is -2.32. The maximum absolute atomic E-state index is 13.2. The van der Waals surface area contributed by atoms with Crippen LogP contribution in [0.15, 0.2) is 36.4 Å². The average Bonchev–Trinajstić information content (AvgIpc) is 2.64. The summed E-state index contributed by atoms with van der Waals surface area (Å²) in [5.41, 5.74) is -0.806. The molecule has 0 saturated carbocycles. The summed E-state index contributed by atoms with van der Waals surface area (Å²) in [6.07, 6.45) is -4.65. The van der Waals surface area contributed by atoms with E-state index in [1.807, 2.05) is 13.8 Å². The number of benzene rings is 2. The van der Waals surface area contributed by atoms with Crippen molar-refractivity contribution in [3.8, 4) is 11.5 Å². The summed E-state index contributed by atoms with van der Waals surface area (Å²) in [7, 11) is 0. The van der Waals surface area contributed by atoms with E-state index in [0.29, 0.717) is 30.4 Å². The predicted octanol–water partition coefficient (Wildman–Crippen LogP) is 5.60.